The monoisotopic (exact) mass is 193 g/mol. The molecule has 0 aliphatic carbocycles. The smallest absolute Gasteiger partial charge is 0.0450 e. The molecule has 0 aromatic carbocycles. The van der Waals surface area contributed by atoms with Crippen LogP contribution in [0.15, 0.2) is 23.9 Å². The average molecular weight is 193 g/mol. The predicted octanol–water partition coefficient (Wildman–Crippen LogP) is 0.453. The first kappa shape index (κ1) is 9.74. The standard InChI is InChI=1S/C11H19N3/c12-8-11(14-6-1-2-7-14)10-4-3-5-13-9-10/h3-5,11,13H,1-2,6-9,12H2. The molecule has 2 aliphatic heterocycles. The number of nitrogens with two attached hydrogens (primary N) is 1. The first-order valence-corrected chi connectivity index (χ1v) is 5.45. The number of nitrogens with zero attached hydrogens (tertiary/aromatic N) is 1. The summed E-state index contributed by atoms with van der Waals surface area (Å²) >= 11 is 0. The SMILES string of the molecule is NCC(C1=CC=CNC1)N1CCCC1. The van der Waals surface area contributed by atoms with Gasteiger partial charge >= 0.3 is 0 Å². The zero-order chi connectivity index (χ0) is 9.80. The van der Waals surface area contributed by atoms with Gasteiger partial charge in [-0.2, -0.15) is 0 Å². The van der Waals surface area contributed by atoms with E-state index in [2.05, 4.69) is 22.4 Å². The van der Waals surface area contributed by atoms with Gasteiger partial charge in [0, 0.05) is 19.1 Å². The highest BCUT2D eigenvalue weighted by Crippen LogP contribution is 2.17. The lowest BCUT2D eigenvalue weighted by Gasteiger charge is -2.29. The van der Waals surface area contributed by atoms with Gasteiger partial charge in [0.1, 0.15) is 0 Å². The van der Waals surface area contributed by atoms with Gasteiger partial charge in [-0.05, 0) is 43.8 Å². The molecule has 3 nitrogen and oxygen atoms in total. The van der Waals surface area contributed by atoms with Gasteiger partial charge in [0.25, 0.3) is 0 Å². The molecule has 78 valence electrons. The summed E-state index contributed by atoms with van der Waals surface area (Å²) in [5.41, 5.74) is 7.28. The maximum Gasteiger partial charge on any atom is 0.0450 e. The van der Waals surface area contributed by atoms with Crippen LogP contribution in [0, 0.1) is 0 Å². The van der Waals surface area contributed by atoms with Crippen LogP contribution in [-0.4, -0.2) is 37.1 Å². The molecule has 1 unspecified atom stereocenters. The van der Waals surface area contributed by atoms with Gasteiger partial charge in [0.05, 0.1) is 0 Å². The summed E-state index contributed by atoms with van der Waals surface area (Å²) in [7, 11) is 0. The number of likely N-dealkylation sites (tertiary alicyclic amines) is 1. The second-order valence-electron chi connectivity index (χ2n) is 3.98. The van der Waals surface area contributed by atoms with Gasteiger partial charge in [-0.1, -0.05) is 6.08 Å². The molecule has 2 rings (SSSR count). The lowest BCUT2D eigenvalue weighted by atomic mass is 10.0. The molecular weight excluding hydrogens is 174 g/mol. The van der Waals surface area contributed by atoms with Crippen LogP contribution in [0.4, 0.5) is 0 Å². The molecule has 0 saturated carbocycles. The molecule has 3 N–H and O–H groups in total. The van der Waals surface area contributed by atoms with E-state index in [1.807, 2.05) is 6.20 Å². The van der Waals surface area contributed by atoms with E-state index < -0.39 is 0 Å². The molecule has 0 aromatic heterocycles. The number of hydrogen-bond acceptors (Lipinski definition) is 3. The third kappa shape index (κ3) is 1.99. The summed E-state index contributed by atoms with van der Waals surface area (Å²) in [6.45, 7) is 4.11. The van der Waals surface area contributed by atoms with Crippen molar-refractivity contribution in [3.05, 3.63) is 23.9 Å². The van der Waals surface area contributed by atoms with Crippen molar-refractivity contribution in [1.29, 1.82) is 0 Å². The highest BCUT2D eigenvalue weighted by Gasteiger charge is 2.23. The summed E-state index contributed by atoms with van der Waals surface area (Å²) in [6.07, 6.45) is 8.91. The lowest BCUT2D eigenvalue weighted by molar-refractivity contribution is 0.275. The van der Waals surface area contributed by atoms with Crippen LogP contribution in [0.2, 0.25) is 0 Å². The van der Waals surface area contributed by atoms with Crippen molar-refractivity contribution in [3.8, 4) is 0 Å². The summed E-state index contributed by atoms with van der Waals surface area (Å²) in [5, 5.41) is 3.24. The topological polar surface area (TPSA) is 41.3 Å². The van der Waals surface area contributed by atoms with Gasteiger partial charge in [-0.15, -0.1) is 0 Å². The predicted molar refractivity (Wildman–Crippen MR) is 58.9 cm³/mol. The number of rotatable bonds is 3. The summed E-state index contributed by atoms with van der Waals surface area (Å²) < 4.78 is 0. The molecule has 0 radical (unpaired) electrons. The van der Waals surface area contributed by atoms with Crippen LogP contribution in [0.3, 0.4) is 0 Å². The second kappa shape index (κ2) is 4.62. The lowest BCUT2D eigenvalue weighted by Crippen LogP contribution is -2.42. The van der Waals surface area contributed by atoms with Gasteiger partial charge in [-0.3, -0.25) is 4.90 Å². The molecule has 0 amide bonds. The molecule has 3 heteroatoms. The highest BCUT2D eigenvalue weighted by molar-refractivity contribution is 5.24. The van der Waals surface area contributed by atoms with Gasteiger partial charge in [-0.25, -0.2) is 0 Å². The first-order chi connectivity index (χ1) is 6.92. The van der Waals surface area contributed by atoms with Crippen LogP contribution in [0.5, 0.6) is 0 Å². The Balaban J connectivity index is 2.03. The Bertz CT molecular complexity index is 239. The van der Waals surface area contributed by atoms with E-state index >= 15 is 0 Å². The quantitative estimate of drug-likeness (QED) is 0.684. The maximum atomic E-state index is 5.85. The Hall–Kier alpha value is -0.800. The van der Waals surface area contributed by atoms with Crippen molar-refractivity contribution in [2.45, 2.75) is 18.9 Å². The van der Waals surface area contributed by atoms with E-state index in [9.17, 15) is 0 Å². The van der Waals surface area contributed by atoms with Crippen molar-refractivity contribution in [3.63, 3.8) is 0 Å². The van der Waals surface area contributed by atoms with Crippen LogP contribution < -0.4 is 11.1 Å². The van der Waals surface area contributed by atoms with Gasteiger partial charge in [0.15, 0.2) is 0 Å². The number of dihydropyridines is 1. The Morgan fingerprint density at radius 2 is 2.21 bits per heavy atom. The zero-order valence-corrected chi connectivity index (χ0v) is 8.58. The number of nitrogens with one attached hydrogen (secondary N) is 1. The molecule has 1 fully saturated rings. The second-order valence-corrected chi connectivity index (χ2v) is 3.98. The van der Waals surface area contributed by atoms with E-state index in [-0.39, 0.29) is 0 Å². The molecule has 0 bridgehead atoms. The Kier molecular flexibility index (Phi) is 3.22. The number of allylic oxidation sites excluding steroid dienone is 2. The minimum Gasteiger partial charge on any atom is -0.387 e. The fourth-order valence-electron chi connectivity index (χ4n) is 2.29. The molecule has 1 saturated heterocycles. The fraction of sp³-hybridized carbons (Fsp3) is 0.636. The minimum atomic E-state index is 0.454. The van der Waals surface area contributed by atoms with Gasteiger partial charge in [0.2, 0.25) is 0 Å². The first-order valence-electron chi connectivity index (χ1n) is 5.45. The summed E-state index contributed by atoms with van der Waals surface area (Å²) in [6, 6.07) is 0.454. The fourth-order valence-corrected chi connectivity index (χ4v) is 2.29. The van der Waals surface area contributed by atoms with Crippen molar-refractivity contribution < 1.29 is 0 Å². The van der Waals surface area contributed by atoms with Gasteiger partial charge < -0.3 is 11.1 Å². The molecule has 14 heavy (non-hydrogen) atoms. The molecule has 2 aliphatic rings. The highest BCUT2D eigenvalue weighted by atomic mass is 15.2. The normalized spacial score (nSPS) is 24.5. The van der Waals surface area contributed by atoms with E-state index in [0.29, 0.717) is 6.04 Å². The Morgan fingerprint density at radius 3 is 2.79 bits per heavy atom. The molecule has 0 spiro atoms. The Labute approximate surface area is 85.6 Å². The molecule has 1 atom stereocenters. The van der Waals surface area contributed by atoms with Crippen molar-refractivity contribution in [1.82, 2.24) is 10.2 Å². The summed E-state index contributed by atoms with van der Waals surface area (Å²) in [5.74, 6) is 0. The maximum absolute atomic E-state index is 5.85. The van der Waals surface area contributed by atoms with Crippen LogP contribution in [0.25, 0.3) is 0 Å². The van der Waals surface area contributed by atoms with Crippen LogP contribution in [0.1, 0.15) is 12.8 Å². The summed E-state index contributed by atoms with van der Waals surface area (Å²) in [4.78, 5) is 2.51. The van der Waals surface area contributed by atoms with Crippen molar-refractivity contribution in [2.75, 3.05) is 26.2 Å². The Morgan fingerprint density at radius 1 is 1.43 bits per heavy atom. The van der Waals surface area contributed by atoms with Crippen molar-refractivity contribution in [2.24, 2.45) is 5.73 Å². The number of hydrogen-bond donors (Lipinski definition) is 2. The minimum absolute atomic E-state index is 0.454. The third-order valence-electron chi connectivity index (χ3n) is 3.06. The van der Waals surface area contributed by atoms with Crippen molar-refractivity contribution >= 4 is 0 Å². The van der Waals surface area contributed by atoms with E-state index in [4.69, 9.17) is 5.73 Å². The average Bonchev–Trinajstić information content (AvgIpc) is 2.74. The van der Waals surface area contributed by atoms with E-state index in [0.717, 1.165) is 13.1 Å². The van der Waals surface area contributed by atoms with Crippen LogP contribution >= 0.6 is 0 Å². The van der Waals surface area contributed by atoms with E-state index in [1.54, 1.807) is 0 Å². The van der Waals surface area contributed by atoms with E-state index in [1.165, 1.54) is 31.5 Å². The third-order valence-corrected chi connectivity index (χ3v) is 3.06. The molecule has 2 heterocycles. The van der Waals surface area contributed by atoms with Crippen LogP contribution in [-0.2, 0) is 0 Å². The zero-order valence-electron chi connectivity index (χ0n) is 8.58. The molecule has 0 aromatic rings. The largest absolute Gasteiger partial charge is 0.387 e. The molecular formula is C11H19N3.